The third kappa shape index (κ3) is 6.34. The third-order valence-electron chi connectivity index (χ3n) is 7.62. The van der Waals surface area contributed by atoms with Crippen LogP contribution in [0.3, 0.4) is 0 Å². The number of halogens is 4. The molecule has 1 atom stereocenters. The van der Waals surface area contributed by atoms with Crippen LogP contribution >= 0.6 is 11.8 Å². The van der Waals surface area contributed by atoms with Crippen LogP contribution in [0, 0.1) is 5.82 Å². The molecule has 6 rings (SSSR count). The van der Waals surface area contributed by atoms with Crippen LogP contribution in [0.5, 0.6) is 0 Å². The number of carboxylic acids is 1. The van der Waals surface area contributed by atoms with Gasteiger partial charge in [0, 0.05) is 27.8 Å². The van der Waals surface area contributed by atoms with Crippen LogP contribution in [0.15, 0.2) is 114 Å². The number of amides is 1. The smallest absolute Gasteiger partial charge is 0.416 e. The van der Waals surface area contributed by atoms with Crippen LogP contribution in [0.2, 0.25) is 0 Å². The summed E-state index contributed by atoms with van der Waals surface area (Å²) < 4.78 is 59.0. The number of hydrogen-bond donors (Lipinski definition) is 2. The first-order valence-electron chi connectivity index (χ1n) is 14.2. The lowest BCUT2D eigenvalue weighted by molar-refractivity contribution is -0.139. The first-order chi connectivity index (χ1) is 22.1. The van der Waals surface area contributed by atoms with Crippen molar-refractivity contribution in [2.24, 2.45) is 0 Å². The molecule has 6 aromatic rings. The van der Waals surface area contributed by atoms with Gasteiger partial charge in [0.25, 0.3) is 5.91 Å². The van der Waals surface area contributed by atoms with Gasteiger partial charge in [0.15, 0.2) is 0 Å². The van der Waals surface area contributed by atoms with Crippen molar-refractivity contribution in [3.63, 3.8) is 0 Å². The summed E-state index contributed by atoms with van der Waals surface area (Å²) in [5.74, 6) is -3.50. The number of carbonyl (C=O) groups is 2. The van der Waals surface area contributed by atoms with Crippen LogP contribution in [-0.4, -0.2) is 28.8 Å². The zero-order valence-corrected chi connectivity index (χ0v) is 24.8. The molecule has 0 aliphatic heterocycles. The standard InChI is InChI=1S/C36H25F4NO4S/c37-30-18-24(36(38,39)40)16-17-29(30)34(42)41-31(35(43)44)20-46-19-23-6-1-2-7-25(23)21-12-14-22(15-13-21)26-9-5-10-28-27-8-3-4-11-32(27)45-33(26)28/h1-18,31H,19-20H2,(H,41,42)(H,43,44)/t31-/m0/s1. The van der Waals surface area contributed by atoms with E-state index in [0.717, 1.165) is 49.8 Å². The number of thioether (sulfide) groups is 1. The van der Waals surface area contributed by atoms with Crippen LogP contribution in [-0.2, 0) is 16.7 Å². The number of hydrogen-bond acceptors (Lipinski definition) is 4. The maximum absolute atomic E-state index is 14.3. The quantitative estimate of drug-likeness (QED) is 0.154. The van der Waals surface area contributed by atoms with Crippen LogP contribution < -0.4 is 5.32 Å². The largest absolute Gasteiger partial charge is 0.480 e. The third-order valence-corrected chi connectivity index (χ3v) is 8.70. The van der Waals surface area contributed by atoms with Gasteiger partial charge in [-0.2, -0.15) is 24.9 Å². The molecular weight excluding hydrogens is 618 g/mol. The Hall–Kier alpha value is -5.09. The molecule has 0 fully saturated rings. The average molecular weight is 644 g/mol. The Bertz CT molecular complexity index is 2070. The molecule has 0 saturated carbocycles. The van der Waals surface area contributed by atoms with Gasteiger partial charge in [0.1, 0.15) is 23.0 Å². The highest BCUT2D eigenvalue weighted by Gasteiger charge is 2.32. The summed E-state index contributed by atoms with van der Waals surface area (Å²) >= 11 is 1.25. The first kappa shape index (κ1) is 30.9. The van der Waals surface area contributed by atoms with E-state index in [1.165, 1.54) is 11.8 Å². The maximum atomic E-state index is 14.3. The fourth-order valence-corrected chi connectivity index (χ4v) is 6.36. The number of aliphatic carboxylic acids is 1. The molecule has 10 heteroatoms. The Morgan fingerprint density at radius 3 is 2.17 bits per heavy atom. The monoisotopic (exact) mass is 643 g/mol. The molecule has 0 spiro atoms. The van der Waals surface area contributed by atoms with Crippen LogP contribution in [0.4, 0.5) is 17.6 Å². The molecule has 232 valence electrons. The number of fused-ring (bicyclic) bond motifs is 3. The van der Waals surface area contributed by atoms with Gasteiger partial charge in [-0.15, -0.1) is 0 Å². The molecule has 0 aliphatic rings. The predicted molar refractivity (Wildman–Crippen MR) is 171 cm³/mol. The van der Waals surface area contributed by atoms with Crippen LogP contribution in [0.25, 0.3) is 44.2 Å². The Balaban J connectivity index is 1.15. The van der Waals surface area contributed by atoms with E-state index < -0.39 is 41.0 Å². The minimum atomic E-state index is -4.78. The highest BCUT2D eigenvalue weighted by Crippen LogP contribution is 2.37. The van der Waals surface area contributed by atoms with Crippen molar-refractivity contribution in [3.8, 4) is 22.3 Å². The highest BCUT2D eigenvalue weighted by atomic mass is 32.2. The first-order valence-corrected chi connectivity index (χ1v) is 15.3. The van der Waals surface area contributed by atoms with Crippen molar-refractivity contribution in [1.29, 1.82) is 0 Å². The zero-order chi connectivity index (χ0) is 32.4. The number of furan rings is 1. The zero-order valence-electron chi connectivity index (χ0n) is 24.0. The number of carbonyl (C=O) groups excluding carboxylic acids is 1. The van der Waals surface area contributed by atoms with E-state index in [1.54, 1.807) is 0 Å². The van der Waals surface area contributed by atoms with Gasteiger partial charge in [-0.25, -0.2) is 9.18 Å². The van der Waals surface area contributed by atoms with Crippen molar-refractivity contribution < 1.29 is 36.7 Å². The molecule has 0 aliphatic carbocycles. The van der Waals surface area contributed by atoms with Gasteiger partial charge in [-0.05, 0) is 46.5 Å². The van der Waals surface area contributed by atoms with E-state index in [-0.39, 0.29) is 11.8 Å². The van der Waals surface area contributed by atoms with E-state index >= 15 is 0 Å². The molecule has 2 N–H and O–H groups in total. The van der Waals surface area contributed by atoms with E-state index in [2.05, 4.69) is 5.32 Å². The lowest BCUT2D eigenvalue weighted by Crippen LogP contribution is -2.43. The van der Waals surface area contributed by atoms with Crippen molar-refractivity contribution in [1.82, 2.24) is 5.32 Å². The molecular formula is C36H25F4NO4S. The fourth-order valence-electron chi connectivity index (χ4n) is 5.30. The highest BCUT2D eigenvalue weighted by molar-refractivity contribution is 7.98. The molecule has 46 heavy (non-hydrogen) atoms. The summed E-state index contributed by atoms with van der Waals surface area (Å²) in [5.41, 5.74) is 4.52. The Labute approximate surface area is 264 Å². The number of carboxylic acid groups (broad SMARTS) is 1. The minimum Gasteiger partial charge on any atom is -0.480 e. The van der Waals surface area contributed by atoms with E-state index in [0.29, 0.717) is 17.9 Å². The number of para-hydroxylation sites is 2. The molecule has 1 heterocycles. The summed E-state index contributed by atoms with van der Waals surface area (Å²) in [5, 5.41) is 14.0. The summed E-state index contributed by atoms with van der Waals surface area (Å²) in [6.07, 6.45) is -4.78. The number of benzene rings is 5. The van der Waals surface area contributed by atoms with E-state index in [9.17, 15) is 32.3 Å². The topological polar surface area (TPSA) is 79.5 Å². The van der Waals surface area contributed by atoms with Gasteiger partial charge in [-0.3, -0.25) is 4.79 Å². The summed E-state index contributed by atoms with van der Waals surface area (Å²) in [4.78, 5) is 24.4. The normalized spacial score (nSPS) is 12.3. The fraction of sp³-hybridized carbons (Fsp3) is 0.111. The average Bonchev–Trinajstić information content (AvgIpc) is 3.43. The van der Waals surface area contributed by atoms with Gasteiger partial charge in [-0.1, -0.05) is 84.9 Å². The molecule has 0 bridgehead atoms. The summed E-state index contributed by atoms with van der Waals surface area (Å²) in [6, 6.07) is 29.8. The molecule has 1 aromatic heterocycles. The Morgan fingerprint density at radius 2 is 1.46 bits per heavy atom. The molecule has 5 aromatic carbocycles. The molecule has 0 radical (unpaired) electrons. The van der Waals surface area contributed by atoms with Gasteiger partial charge < -0.3 is 14.8 Å². The van der Waals surface area contributed by atoms with Crippen molar-refractivity contribution >= 4 is 45.6 Å². The van der Waals surface area contributed by atoms with E-state index in [1.807, 2.05) is 91.0 Å². The predicted octanol–water partition coefficient (Wildman–Crippen LogP) is 9.19. The number of alkyl halides is 3. The lowest BCUT2D eigenvalue weighted by atomic mass is 9.97. The Morgan fingerprint density at radius 1 is 0.804 bits per heavy atom. The van der Waals surface area contributed by atoms with Crippen LogP contribution in [0.1, 0.15) is 21.5 Å². The SMILES string of the molecule is O=C(N[C@@H](CSCc1ccccc1-c1ccc(-c2cccc3c2oc2ccccc23)cc1)C(=O)O)c1ccc(C(F)(F)F)cc1F. The number of rotatable bonds is 9. The molecule has 0 saturated heterocycles. The minimum absolute atomic E-state index is 0.0574. The van der Waals surface area contributed by atoms with Gasteiger partial charge in [0.05, 0.1) is 11.1 Å². The van der Waals surface area contributed by atoms with E-state index in [4.69, 9.17) is 4.42 Å². The lowest BCUT2D eigenvalue weighted by Gasteiger charge is -2.16. The van der Waals surface area contributed by atoms with Gasteiger partial charge in [0.2, 0.25) is 0 Å². The second-order valence-electron chi connectivity index (χ2n) is 10.6. The molecule has 0 unspecified atom stereocenters. The second kappa shape index (κ2) is 12.7. The van der Waals surface area contributed by atoms with Crippen molar-refractivity contribution in [2.45, 2.75) is 18.0 Å². The Kier molecular flexibility index (Phi) is 8.55. The molecule has 1 amide bonds. The summed E-state index contributed by atoms with van der Waals surface area (Å²) in [7, 11) is 0. The van der Waals surface area contributed by atoms with Crippen molar-refractivity contribution in [2.75, 3.05) is 5.75 Å². The van der Waals surface area contributed by atoms with Gasteiger partial charge >= 0.3 is 12.1 Å². The maximum Gasteiger partial charge on any atom is 0.416 e. The molecule has 5 nitrogen and oxygen atoms in total. The van der Waals surface area contributed by atoms with Crippen molar-refractivity contribution in [3.05, 3.63) is 132 Å². The second-order valence-corrected chi connectivity index (χ2v) is 11.6. The summed E-state index contributed by atoms with van der Waals surface area (Å²) in [6.45, 7) is 0. The number of nitrogens with one attached hydrogen (secondary N) is 1.